The number of esters is 1. The third-order valence-corrected chi connectivity index (χ3v) is 4.27. The van der Waals surface area contributed by atoms with E-state index >= 15 is 0 Å². The maximum atomic E-state index is 11.7. The minimum Gasteiger partial charge on any atom is -0.469 e. The van der Waals surface area contributed by atoms with Crippen LogP contribution in [0.1, 0.15) is 51.7 Å². The van der Waals surface area contributed by atoms with Crippen molar-refractivity contribution < 1.29 is 13.9 Å². The summed E-state index contributed by atoms with van der Waals surface area (Å²) in [5.41, 5.74) is 0. The molecule has 1 fully saturated rings. The Bertz CT molecular complexity index is 408. The Labute approximate surface area is 127 Å². The smallest absolute Gasteiger partial charge is 0.308 e. The minimum absolute atomic E-state index is 0.0122. The maximum absolute atomic E-state index is 11.7. The van der Waals surface area contributed by atoms with Crippen LogP contribution in [0.5, 0.6) is 0 Å². The van der Waals surface area contributed by atoms with Gasteiger partial charge in [-0.05, 0) is 58.1 Å². The number of furan rings is 1. The van der Waals surface area contributed by atoms with Crippen LogP contribution >= 0.6 is 0 Å². The average molecular weight is 293 g/mol. The van der Waals surface area contributed by atoms with Crippen LogP contribution in [0.25, 0.3) is 0 Å². The van der Waals surface area contributed by atoms with Gasteiger partial charge in [-0.15, -0.1) is 0 Å². The number of carbonyl (C=O) groups is 1. The van der Waals surface area contributed by atoms with Gasteiger partial charge >= 0.3 is 5.97 Å². The van der Waals surface area contributed by atoms with Gasteiger partial charge in [0.25, 0.3) is 0 Å². The van der Waals surface area contributed by atoms with Gasteiger partial charge in [0.2, 0.25) is 0 Å². The highest BCUT2D eigenvalue weighted by Crippen LogP contribution is 2.26. The zero-order valence-electron chi connectivity index (χ0n) is 13.1. The van der Waals surface area contributed by atoms with Crippen molar-refractivity contribution in [1.82, 2.24) is 5.32 Å². The summed E-state index contributed by atoms with van der Waals surface area (Å²) in [6.45, 7) is 4.58. The molecule has 0 aliphatic heterocycles. The molecule has 118 valence electrons. The largest absolute Gasteiger partial charge is 0.469 e. The Hall–Kier alpha value is -1.29. The van der Waals surface area contributed by atoms with E-state index < -0.39 is 0 Å². The van der Waals surface area contributed by atoms with Crippen LogP contribution in [0, 0.1) is 5.92 Å². The molecule has 2 rings (SSSR count). The van der Waals surface area contributed by atoms with Gasteiger partial charge in [-0.3, -0.25) is 4.79 Å². The monoisotopic (exact) mass is 293 g/mol. The van der Waals surface area contributed by atoms with E-state index in [4.69, 9.17) is 9.15 Å². The number of nitrogens with one attached hydrogen (secondary N) is 1. The zero-order chi connectivity index (χ0) is 15.1. The zero-order valence-corrected chi connectivity index (χ0v) is 13.1. The van der Waals surface area contributed by atoms with Crippen molar-refractivity contribution in [1.29, 1.82) is 0 Å². The molecule has 1 aromatic heterocycles. The number of aryl methyl sites for hydroxylation is 1. The van der Waals surface area contributed by atoms with Gasteiger partial charge in [-0.25, -0.2) is 0 Å². The summed E-state index contributed by atoms with van der Waals surface area (Å²) in [4.78, 5) is 11.7. The van der Waals surface area contributed by atoms with Gasteiger partial charge in [0.1, 0.15) is 5.76 Å². The molecule has 1 atom stereocenters. The first kappa shape index (κ1) is 16.1. The van der Waals surface area contributed by atoms with Gasteiger partial charge in [-0.2, -0.15) is 0 Å². The quantitative estimate of drug-likeness (QED) is 0.784. The summed E-state index contributed by atoms with van der Waals surface area (Å²) >= 11 is 0. The average Bonchev–Trinajstić information content (AvgIpc) is 2.99. The Kier molecular flexibility index (Phi) is 6.30. The summed E-state index contributed by atoms with van der Waals surface area (Å²) in [7, 11) is 0. The van der Waals surface area contributed by atoms with Crippen LogP contribution in [-0.4, -0.2) is 24.7 Å². The fraction of sp³-hybridized carbons (Fsp3) is 0.706. The molecule has 1 N–H and O–H groups in total. The topological polar surface area (TPSA) is 51.5 Å². The van der Waals surface area contributed by atoms with Crippen LogP contribution in [-0.2, 0) is 16.0 Å². The van der Waals surface area contributed by atoms with E-state index in [1.54, 1.807) is 6.26 Å². The van der Waals surface area contributed by atoms with Gasteiger partial charge in [0.15, 0.2) is 0 Å². The highest BCUT2D eigenvalue weighted by molar-refractivity contribution is 5.72. The molecule has 1 aliphatic rings. The lowest BCUT2D eigenvalue weighted by atomic mass is 9.85. The van der Waals surface area contributed by atoms with E-state index in [2.05, 4.69) is 12.2 Å². The summed E-state index contributed by atoms with van der Waals surface area (Å²) in [6.07, 6.45) is 7.79. The Morgan fingerprint density at radius 1 is 1.43 bits per heavy atom. The molecule has 4 nitrogen and oxygen atoms in total. The van der Waals surface area contributed by atoms with Gasteiger partial charge < -0.3 is 14.5 Å². The van der Waals surface area contributed by atoms with E-state index in [9.17, 15) is 4.79 Å². The number of rotatable bonds is 7. The van der Waals surface area contributed by atoms with Gasteiger partial charge in [-0.1, -0.05) is 0 Å². The lowest BCUT2D eigenvalue weighted by Gasteiger charge is -2.30. The SMILES string of the molecule is CCOC(=O)C1CCC(NC(C)CCc2ccco2)CC1. The second-order valence-electron chi connectivity index (χ2n) is 5.99. The molecule has 1 aromatic rings. The lowest BCUT2D eigenvalue weighted by Crippen LogP contribution is -2.40. The molecular formula is C17H27NO3. The summed E-state index contributed by atoms with van der Waals surface area (Å²) in [5.74, 6) is 1.15. The van der Waals surface area contributed by atoms with Crippen molar-refractivity contribution in [2.45, 2.75) is 64.5 Å². The summed E-state index contributed by atoms with van der Waals surface area (Å²) in [5, 5.41) is 3.68. The Balaban J connectivity index is 1.64. The highest BCUT2D eigenvalue weighted by atomic mass is 16.5. The molecule has 21 heavy (non-hydrogen) atoms. The van der Waals surface area contributed by atoms with Gasteiger partial charge in [0.05, 0.1) is 18.8 Å². The Morgan fingerprint density at radius 2 is 2.19 bits per heavy atom. The number of hydrogen-bond acceptors (Lipinski definition) is 4. The second-order valence-corrected chi connectivity index (χ2v) is 5.99. The number of carbonyl (C=O) groups excluding carboxylic acids is 1. The lowest BCUT2D eigenvalue weighted by molar-refractivity contribution is -0.149. The fourth-order valence-corrected chi connectivity index (χ4v) is 3.06. The van der Waals surface area contributed by atoms with E-state index in [1.807, 2.05) is 19.1 Å². The van der Waals surface area contributed by atoms with Crippen LogP contribution in [0.2, 0.25) is 0 Å². The molecule has 0 bridgehead atoms. The molecule has 0 saturated heterocycles. The van der Waals surface area contributed by atoms with Crippen LogP contribution in [0.15, 0.2) is 22.8 Å². The van der Waals surface area contributed by atoms with Crippen LogP contribution < -0.4 is 5.32 Å². The first-order chi connectivity index (χ1) is 10.2. The summed E-state index contributed by atoms with van der Waals surface area (Å²) < 4.78 is 10.5. The molecule has 1 heterocycles. The van der Waals surface area contributed by atoms with Crippen molar-refractivity contribution in [2.75, 3.05) is 6.61 Å². The number of ether oxygens (including phenoxy) is 1. The van der Waals surface area contributed by atoms with E-state index in [1.165, 1.54) is 0 Å². The number of hydrogen-bond donors (Lipinski definition) is 1. The summed E-state index contributed by atoms with van der Waals surface area (Å²) in [6, 6.07) is 4.96. The third-order valence-electron chi connectivity index (χ3n) is 4.27. The molecule has 1 saturated carbocycles. The Morgan fingerprint density at radius 3 is 2.81 bits per heavy atom. The molecular weight excluding hydrogens is 266 g/mol. The second kappa shape index (κ2) is 8.23. The molecule has 0 radical (unpaired) electrons. The van der Waals surface area contributed by atoms with Crippen molar-refractivity contribution in [2.24, 2.45) is 5.92 Å². The van der Waals surface area contributed by atoms with Crippen molar-refractivity contribution in [3.63, 3.8) is 0 Å². The fourth-order valence-electron chi connectivity index (χ4n) is 3.06. The molecule has 0 spiro atoms. The first-order valence-electron chi connectivity index (χ1n) is 8.14. The molecule has 0 aromatic carbocycles. The molecule has 1 aliphatic carbocycles. The van der Waals surface area contributed by atoms with E-state index in [0.717, 1.165) is 44.3 Å². The normalized spacial score (nSPS) is 23.7. The standard InChI is InChI=1S/C17H27NO3/c1-3-20-17(19)14-7-9-15(10-8-14)18-13(2)6-11-16-5-4-12-21-16/h4-5,12-15,18H,3,6-11H2,1-2H3. The highest BCUT2D eigenvalue weighted by Gasteiger charge is 2.27. The maximum Gasteiger partial charge on any atom is 0.308 e. The van der Waals surface area contributed by atoms with Crippen molar-refractivity contribution in [3.05, 3.63) is 24.2 Å². The van der Waals surface area contributed by atoms with Crippen LogP contribution in [0.4, 0.5) is 0 Å². The predicted octanol–water partition coefficient (Wildman–Crippen LogP) is 3.31. The molecule has 0 amide bonds. The molecule has 4 heteroatoms. The first-order valence-corrected chi connectivity index (χ1v) is 8.14. The minimum atomic E-state index is -0.0122. The van der Waals surface area contributed by atoms with Crippen molar-refractivity contribution >= 4 is 5.97 Å². The molecule has 1 unspecified atom stereocenters. The van der Waals surface area contributed by atoms with Gasteiger partial charge in [0, 0.05) is 18.5 Å². The third kappa shape index (κ3) is 5.20. The van der Waals surface area contributed by atoms with E-state index in [-0.39, 0.29) is 11.9 Å². The van der Waals surface area contributed by atoms with Crippen LogP contribution in [0.3, 0.4) is 0 Å². The van der Waals surface area contributed by atoms with Crippen molar-refractivity contribution in [3.8, 4) is 0 Å². The van der Waals surface area contributed by atoms with E-state index in [0.29, 0.717) is 18.7 Å². The predicted molar refractivity (Wildman–Crippen MR) is 82.0 cm³/mol.